The number of hydrogen-bond donors (Lipinski definition) is 5. The highest BCUT2D eigenvalue weighted by Gasteiger charge is 2.34. The molecule has 36 heavy (non-hydrogen) atoms. The highest BCUT2D eigenvalue weighted by atomic mass is 32.1. The molecule has 2 amide bonds. The average Bonchev–Trinajstić information content (AvgIpc) is 3.32. The molecule has 0 aliphatic carbocycles. The summed E-state index contributed by atoms with van der Waals surface area (Å²) in [6.07, 6.45) is -3.38. The Balaban J connectivity index is 2.15. The molecular formula is C21H17F3N4O7S. The normalized spacial score (nSPS) is 11.2. The Hall–Kier alpha value is -4.40. The van der Waals surface area contributed by atoms with Gasteiger partial charge < -0.3 is 26.0 Å². The number of nitrogens with one attached hydrogen (secondary N) is 2. The lowest BCUT2D eigenvalue weighted by Crippen LogP contribution is -2.37. The lowest BCUT2D eigenvalue weighted by Gasteiger charge is -2.18. The number of benzene rings is 1. The Morgan fingerprint density at radius 2 is 1.72 bits per heavy atom. The zero-order chi connectivity index (χ0) is 26.6. The van der Waals surface area contributed by atoms with E-state index < -0.39 is 76.5 Å². The first-order valence-electron chi connectivity index (χ1n) is 9.92. The van der Waals surface area contributed by atoms with Crippen molar-refractivity contribution in [3.05, 3.63) is 73.5 Å². The van der Waals surface area contributed by atoms with Crippen LogP contribution in [0.15, 0.2) is 40.6 Å². The fraction of sp³-hybridized carbons (Fsp3) is 0.190. The fourth-order valence-electron chi connectivity index (χ4n) is 3.19. The van der Waals surface area contributed by atoms with E-state index in [9.17, 15) is 42.6 Å². The average molecular weight is 526 g/mol. The van der Waals surface area contributed by atoms with E-state index in [2.05, 4.69) is 10.3 Å². The smallest absolute Gasteiger partial charge is 0.416 e. The molecule has 190 valence electrons. The maximum atomic E-state index is 13.5. The lowest BCUT2D eigenvalue weighted by molar-refractivity contribution is -0.138. The summed E-state index contributed by atoms with van der Waals surface area (Å²) in [6.45, 7) is -2.08. The number of rotatable bonds is 8. The first kappa shape index (κ1) is 26.2. The molecule has 15 heteroatoms. The summed E-state index contributed by atoms with van der Waals surface area (Å²) < 4.78 is 40.7. The topological polar surface area (TPSA) is 171 Å². The van der Waals surface area contributed by atoms with Crippen LogP contribution in [0.4, 0.5) is 13.2 Å². The van der Waals surface area contributed by atoms with Crippen molar-refractivity contribution in [2.45, 2.75) is 19.3 Å². The SMILES string of the molecule is O=C(O)CNC(=O)c1c(O)c(C(=O)NCc2nccs2)c(O)n(Cc2ccccc2C(F)(F)F)c1=O. The molecule has 0 unspecified atom stereocenters. The van der Waals surface area contributed by atoms with Crippen LogP contribution in [-0.4, -0.2) is 49.2 Å². The number of aromatic nitrogens is 2. The van der Waals surface area contributed by atoms with Crippen LogP contribution in [0.25, 0.3) is 0 Å². The van der Waals surface area contributed by atoms with E-state index in [-0.39, 0.29) is 6.54 Å². The molecule has 0 fully saturated rings. The molecule has 0 saturated heterocycles. The van der Waals surface area contributed by atoms with Crippen molar-refractivity contribution in [3.8, 4) is 11.6 Å². The van der Waals surface area contributed by atoms with Gasteiger partial charge in [-0.05, 0) is 11.6 Å². The monoisotopic (exact) mass is 526 g/mol. The molecule has 0 bridgehead atoms. The summed E-state index contributed by atoms with van der Waals surface area (Å²) in [5.74, 6) is -6.59. The number of amides is 2. The zero-order valence-corrected chi connectivity index (χ0v) is 18.8. The van der Waals surface area contributed by atoms with Crippen molar-refractivity contribution in [2.24, 2.45) is 0 Å². The summed E-state index contributed by atoms with van der Waals surface area (Å²) in [4.78, 5) is 53.0. The first-order valence-corrected chi connectivity index (χ1v) is 10.8. The second kappa shape index (κ2) is 10.5. The summed E-state index contributed by atoms with van der Waals surface area (Å²) >= 11 is 1.16. The standard InChI is InChI=1S/C21H17F3N4O7S/c22-21(23,24)11-4-2-1-3-10(11)9-28-19(34)14(17(32)26-7-12-25-5-6-36-12)16(31)15(20(28)35)18(33)27-8-13(29)30/h1-6,31,34H,7-9H2,(H,26,32)(H,27,33)(H,29,30). The van der Waals surface area contributed by atoms with Crippen LogP contribution in [0.5, 0.6) is 11.6 Å². The molecule has 2 heterocycles. The number of carbonyl (C=O) groups excluding carboxylic acids is 2. The predicted octanol–water partition coefficient (Wildman–Crippen LogP) is 1.53. The molecule has 2 aromatic heterocycles. The predicted molar refractivity (Wildman–Crippen MR) is 118 cm³/mol. The molecule has 3 aromatic rings. The Morgan fingerprint density at radius 3 is 2.33 bits per heavy atom. The van der Waals surface area contributed by atoms with Crippen molar-refractivity contribution < 1.29 is 42.9 Å². The van der Waals surface area contributed by atoms with Crippen LogP contribution in [0.3, 0.4) is 0 Å². The number of carboxylic acids is 1. The Morgan fingerprint density at radius 1 is 1.06 bits per heavy atom. The van der Waals surface area contributed by atoms with Gasteiger partial charge in [0.15, 0.2) is 5.75 Å². The maximum Gasteiger partial charge on any atom is 0.416 e. The minimum atomic E-state index is -4.83. The van der Waals surface area contributed by atoms with E-state index in [4.69, 9.17) is 5.11 Å². The fourth-order valence-corrected chi connectivity index (χ4v) is 3.75. The first-order chi connectivity index (χ1) is 16.9. The number of alkyl halides is 3. The minimum absolute atomic E-state index is 0.175. The molecule has 5 N–H and O–H groups in total. The van der Waals surface area contributed by atoms with Gasteiger partial charge in [0.2, 0.25) is 5.88 Å². The van der Waals surface area contributed by atoms with Gasteiger partial charge in [0, 0.05) is 11.6 Å². The largest absolute Gasteiger partial charge is 0.506 e. The van der Waals surface area contributed by atoms with Crippen molar-refractivity contribution >= 4 is 29.1 Å². The summed E-state index contributed by atoms with van der Waals surface area (Å²) in [6, 6.07) is 4.11. The van der Waals surface area contributed by atoms with Gasteiger partial charge in [-0.25, -0.2) is 4.98 Å². The molecule has 0 atom stereocenters. The van der Waals surface area contributed by atoms with Crippen LogP contribution in [0, 0.1) is 0 Å². The quantitative estimate of drug-likeness (QED) is 0.294. The third-order valence-electron chi connectivity index (χ3n) is 4.80. The number of halogens is 3. The Bertz CT molecular complexity index is 1370. The van der Waals surface area contributed by atoms with Crippen molar-refractivity contribution in [2.75, 3.05) is 6.54 Å². The van der Waals surface area contributed by atoms with E-state index in [0.29, 0.717) is 9.57 Å². The molecule has 1 aromatic carbocycles. The highest BCUT2D eigenvalue weighted by Crippen LogP contribution is 2.34. The minimum Gasteiger partial charge on any atom is -0.506 e. The third kappa shape index (κ3) is 5.63. The van der Waals surface area contributed by atoms with E-state index in [0.717, 1.165) is 29.5 Å². The van der Waals surface area contributed by atoms with Gasteiger partial charge in [-0.15, -0.1) is 11.3 Å². The molecule has 0 spiro atoms. The second-order valence-electron chi connectivity index (χ2n) is 7.15. The molecular weight excluding hydrogens is 509 g/mol. The number of thiazole rings is 1. The number of pyridine rings is 1. The summed E-state index contributed by atoms with van der Waals surface area (Å²) in [5, 5.41) is 36.2. The number of aromatic hydroxyl groups is 2. The van der Waals surface area contributed by atoms with Gasteiger partial charge >= 0.3 is 12.1 Å². The van der Waals surface area contributed by atoms with E-state index in [1.54, 1.807) is 5.38 Å². The highest BCUT2D eigenvalue weighted by molar-refractivity contribution is 7.09. The number of aliphatic carboxylic acids is 1. The number of carbonyl (C=O) groups is 3. The van der Waals surface area contributed by atoms with Crippen LogP contribution in [0.2, 0.25) is 0 Å². The van der Waals surface area contributed by atoms with Gasteiger partial charge in [0.25, 0.3) is 17.4 Å². The van der Waals surface area contributed by atoms with Crippen molar-refractivity contribution in [3.63, 3.8) is 0 Å². The lowest BCUT2D eigenvalue weighted by atomic mass is 10.1. The number of carboxylic acid groups (broad SMARTS) is 1. The van der Waals surface area contributed by atoms with E-state index in [1.807, 2.05) is 5.32 Å². The van der Waals surface area contributed by atoms with Crippen molar-refractivity contribution in [1.82, 2.24) is 20.2 Å². The van der Waals surface area contributed by atoms with Gasteiger partial charge in [0.1, 0.15) is 22.7 Å². The third-order valence-corrected chi connectivity index (χ3v) is 5.58. The molecule has 0 saturated carbocycles. The van der Waals surface area contributed by atoms with Gasteiger partial charge in [0.05, 0.1) is 18.7 Å². The molecule has 0 aliphatic heterocycles. The number of hydrogen-bond acceptors (Lipinski definition) is 8. The Labute approximate surface area is 203 Å². The maximum absolute atomic E-state index is 13.5. The van der Waals surface area contributed by atoms with E-state index in [1.165, 1.54) is 12.3 Å². The molecule has 0 radical (unpaired) electrons. The number of nitrogens with zero attached hydrogens (tertiary/aromatic N) is 2. The summed E-state index contributed by atoms with van der Waals surface area (Å²) in [7, 11) is 0. The summed E-state index contributed by atoms with van der Waals surface area (Å²) in [5.41, 5.74) is -5.20. The molecule has 11 nitrogen and oxygen atoms in total. The molecule has 3 rings (SSSR count). The van der Waals surface area contributed by atoms with Gasteiger partial charge in [-0.1, -0.05) is 18.2 Å². The zero-order valence-electron chi connectivity index (χ0n) is 18.0. The van der Waals surface area contributed by atoms with Gasteiger partial charge in [-0.3, -0.25) is 23.7 Å². The van der Waals surface area contributed by atoms with Crippen LogP contribution in [-0.2, 0) is 24.1 Å². The van der Waals surface area contributed by atoms with Crippen LogP contribution >= 0.6 is 11.3 Å². The Kier molecular flexibility index (Phi) is 7.62. The molecule has 0 aliphatic rings. The van der Waals surface area contributed by atoms with Crippen molar-refractivity contribution in [1.29, 1.82) is 0 Å². The van der Waals surface area contributed by atoms with Crippen LogP contribution < -0.4 is 16.2 Å². The van der Waals surface area contributed by atoms with E-state index >= 15 is 0 Å². The van der Waals surface area contributed by atoms with Crippen LogP contribution in [0.1, 0.15) is 36.9 Å². The second-order valence-corrected chi connectivity index (χ2v) is 8.13. The van der Waals surface area contributed by atoms with Gasteiger partial charge in [-0.2, -0.15) is 13.2 Å².